The van der Waals surface area contributed by atoms with Crippen molar-refractivity contribution in [1.82, 2.24) is 5.32 Å². The molecule has 0 aromatic rings. The predicted octanol–water partition coefficient (Wildman–Crippen LogP) is 22.7. The number of carbonyl (C=O) groups excluding carboxylic acids is 1. The molecule has 0 saturated heterocycles. The number of rotatable bonds is 67. The molecule has 476 valence electrons. The minimum absolute atomic E-state index is 0.0771. The zero-order chi connectivity index (χ0) is 58.4. The van der Waals surface area contributed by atoms with Gasteiger partial charge in [0, 0.05) is 6.42 Å². The topological polar surface area (TPSA) is 105 Å². The number of aliphatic hydroxyl groups excluding tert-OH is 1. The Balaban J connectivity index is 3.91. The van der Waals surface area contributed by atoms with E-state index in [0.29, 0.717) is 23.9 Å². The van der Waals surface area contributed by atoms with Gasteiger partial charge in [-0.05, 0) is 44.9 Å². The largest absolute Gasteiger partial charge is 0.472 e. The lowest BCUT2D eigenvalue weighted by Gasteiger charge is -2.26. The minimum atomic E-state index is -4.33. The third-order valence-electron chi connectivity index (χ3n) is 16.7. The van der Waals surface area contributed by atoms with E-state index in [4.69, 9.17) is 9.05 Å². The van der Waals surface area contributed by atoms with E-state index in [2.05, 4.69) is 43.5 Å². The highest BCUT2D eigenvalue weighted by atomic mass is 31.2. The van der Waals surface area contributed by atoms with Crippen LogP contribution in [0.4, 0.5) is 0 Å². The highest BCUT2D eigenvalue weighted by molar-refractivity contribution is 7.47. The van der Waals surface area contributed by atoms with Crippen molar-refractivity contribution in [3.05, 3.63) is 24.3 Å². The Morgan fingerprint density at radius 2 is 0.713 bits per heavy atom. The summed E-state index contributed by atoms with van der Waals surface area (Å²) in [4.78, 5) is 23.4. The first-order valence-corrected chi connectivity index (χ1v) is 37.2. The minimum Gasteiger partial charge on any atom is -0.391 e. The average molecular weight is 1150 g/mol. The Morgan fingerprint density at radius 1 is 0.425 bits per heavy atom. The molecule has 3 atom stereocenters. The Labute approximate surface area is 500 Å². The summed E-state index contributed by atoms with van der Waals surface area (Å²) in [6.07, 6.45) is 81.5. The second-order valence-electron chi connectivity index (χ2n) is 26.0. The molecule has 0 radical (unpaired) electrons. The fraction of sp³-hybridized carbons (Fsp3) is 0.930. The quantitative estimate of drug-likeness (QED) is 0.0243. The summed E-state index contributed by atoms with van der Waals surface area (Å²) in [5.41, 5.74) is 0. The van der Waals surface area contributed by atoms with E-state index in [-0.39, 0.29) is 19.1 Å². The van der Waals surface area contributed by atoms with Gasteiger partial charge in [-0.1, -0.05) is 346 Å². The van der Waals surface area contributed by atoms with Crippen molar-refractivity contribution in [2.75, 3.05) is 40.9 Å². The number of likely N-dealkylation sites (N-methyl/N-ethyl adjacent to an activating group) is 1. The third kappa shape index (κ3) is 64.5. The standard InChI is InChI=1S/C71H141N2O6P/c1-6-8-10-12-14-16-18-20-22-24-26-27-28-29-30-31-32-33-34-35-36-37-38-39-40-41-42-43-44-45-47-49-51-53-55-57-59-61-63-65-71(75)72-69(68-79-80(76,77)78-67-66-73(3,4)5)70(74)64-62-60-58-56-54-52-50-48-46-25-23-21-19-17-15-13-11-9-7-2/h32-33,35-36,69-70,74H,6-31,34,37-68H2,1-5H3,(H-,72,75,76,77)/p+1/b33-32-,36-35-. The zero-order valence-corrected chi connectivity index (χ0v) is 55.5. The Morgan fingerprint density at radius 3 is 1.02 bits per heavy atom. The number of nitrogens with zero attached hydrogens (tertiary/aromatic N) is 1. The maximum Gasteiger partial charge on any atom is 0.472 e. The molecule has 0 heterocycles. The lowest BCUT2D eigenvalue weighted by molar-refractivity contribution is -0.870. The summed E-state index contributed by atoms with van der Waals surface area (Å²) in [6, 6.07) is -0.760. The van der Waals surface area contributed by atoms with Gasteiger partial charge in [0.1, 0.15) is 13.2 Å². The molecule has 8 nitrogen and oxygen atoms in total. The number of amides is 1. The summed E-state index contributed by atoms with van der Waals surface area (Å²) in [5.74, 6) is -0.137. The second kappa shape index (κ2) is 62.5. The van der Waals surface area contributed by atoms with Crippen molar-refractivity contribution < 1.29 is 32.9 Å². The Kier molecular flexibility index (Phi) is 61.7. The van der Waals surface area contributed by atoms with Crippen molar-refractivity contribution in [3.63, 3.8) is 0 Å². The number of unbranched alkanes of at least 4 members (excludes halogenated alkanes) is 50. The van der Waals surface area contributed by atoms with Gasteiger partial charge in [-0.2, -0.15) is 0 Å². The fourth-order valence-electron chi connectivity index (χ4n) is 11.1. The number of aliphatic hydroxyl groups is 1. The van der Waals surface area contributed by atoms with Crippen molar-refractivity contribution in [1.29, 1.82) is 0 Å². The summed E-state index contributed by atoms with van der Waals surface area (Å²) in [6.45, 7) is 4.95. The third-order valence-corrected chi connectivity index (χ3v) is 17.7. The van der Waals surface area contributed by atoms with Crippen molar-refractivity contribution >= 4 is 13.7 Å². The molecule has 0 aliphatic carbocycles. The van der Waals surface area contributed by atoms with E-state index >= 15 is 0 Å². The molecule has 0 aromatic heterocycles. The van der Waals surface area contributed by atoms with E-state index in [1.807, 2.05) is 21.1 Å². The molecule has 1 amide bonds. The number of phosphoric acid groups is 1. The number of phosphoric ester groups is 1. The summed E-state index contributed by atoms with van der Waals surface area (Å²) >= 11 is 0. The van der Waals surface area contributed by atoms with E-state index in [9.17, 15) is 19.4 Å². The number of carbonyl (C=O) groups is 1. The van der Waals surface area contributed by atoms with Gasteiger partial charge in [-0.25, -0.2) is 4.57 Å². The van der Waals surface area contributed by atoms with Crippen molar-refractivity contribution in [2.45, 2.75) is 386 Å². The summed E-state index contributed by atoms with van der Waals surface area (Å²) < 4.78 is 23.9. The van der Waals surface area contributed by atoms with Crippen LogP contribution in [0.1, 0.15) is 373 Å². The van der Waals surface area contributed by atoms with Gasteiger partial charge in [0.2, 0.25) is 5.91 Å². The smallest absolute Gasteiger partial charge is 0.391 e. The van der Waals surface area contributed by atoms with E-state index in [1.165, 1.54) is 302 Å². The van der Waals surface area contributed by atoms with Crippen LogP contribution in [0.5, 0.6) is 0 Å². The van der Waals surface area contributed by atoms with E-state index < -0.39 is 20.0 Å². The molecule has 0 bridgehead atoms. The van der Waals surface area contributed by atoms with Gasteiger partial charge in [0.15, 0.2) is 0 Å². The molecule has 9 heteroatoms. The van der Waals surface area contributed by atoms with Crippen LogP contribution in [-0.2, 0) is 18.4 Å². The van der Waals surface area contributed by atoms with Gasteiger partial charge in [0.05, 0.1) is 39.9 Å². The molecule has 80 heavy (non-hydrogen) atoms. The van der Waals surface area contributed by atoms with Crippen LogP contribution < -0.4 is 5.32 Å². The predicted molar refractivity (Wildman–Crippen MR) is 351 cm³/mol. The highest BCUT2D eigenvalue weighted by Crippen LogP contribution is 2.43. The van der Waals surface area contributed by atoms with Crippen molar-refractivity contribution in [2.24, 2.45) is 0 Å². The van der Waals surface area contributed by atoms with Gasteiger partial charge in [-0.15, -0.1) is 0 Å². The van der Waals surface area contributed by atoms with E-state index in [1.54, 1.807) is 0 Å². The van der Waals surface area contributed by atoms with Crippen LogP contribution in [0.25, 0.3) is 0 Å². The van der Waals surface area contributed by atoms with Crippen molar-refractivity contribution in [3.8, 4) is 0 Å². The van der Waals surface area contributed by atoms with Gasteiger partial charge in [-0.3, -0.25) is 13.8 Å². The first-order chi connectivity index (χ1) is 39.0. The number of nitrogens with one attached hydrogen (secondary N) is 1. The molecule has 3 N–H and O–H groups in total. The molecule has 0 aliphatic rings. The van der Waals surface area contributed by atoms with Crippen LogP contribution in [0.2, 0.25) is 0 Å². The molecular weight excluding hydrogens is 1010 g/mol. The van der Waals surface area contributed by atoms with Gasteiger partial charge in [0.25, 0.3) is 0 Å². The average Bonchev–Trinajstić information content (AvgIpc) is 3.42. The second-order valence-corrected chi connectivity index (χ2v) is 27.4. The molecule has 0 aliphatic heterocycles. The van der Waals surface area contributed by atoms with Crippen LogP contribution >= 0.6 is 7.82 Å². The fourth-order valence-corrected chi connectivity index (χ4v) is 11.9. The maximum atomic E-state index is 13.1. The summed E-state index contributed by atoms with van der Waals surface area (Å²) in [5, 5.41) is 14.1. The molecule has 0 rings (SSSR count). The number of hydrogen-bond acceptors (Lipinski definition) is 5. The zero-order valence-electron chi connectivity index (χ0n) is 54.6. The lowest BCUT2D eigenvalue weighted by atomic mass is 10.0. The van der Waals surface area contributed by atoms with Crippen LogP contribution in [-0.4, -0.2) is 73.4 Å². The highest BCUT2D eigenvalue weighted by Gasteiger charge is 2.28. The SMILES string of the molecule is CCCCCCCCCCCCCCCCC/C=C\C/C=C\CCCCCCCCCCCCCCCCCCCC(=O)NC(COP(=O)(O)OCC[N+](C)(C)C)C(O)CCCCCCCCCCCCCCCCCCCCC. The Hall–Kier alpha value is -1.02. The van der Waals surface area contributed by atoms with Crippen LogP contribution in [0.15, 0.2) is 24.3 Å². The molecule has 3 unspecified atom stereocenters. The molecule has 0 saturated carbocycles. The molecule has 0 fully saturated rings. The van der Waals surface area contributed by atoms with Gasteiger partial charge < -0.3 is 19.8 Å². The first kappa shape index (κ1) is 79.0. The summed E-state index contributed by atoms with van der Waals surface area (Å²) in [7, 11) is 1.63. The van der Waals surface area contributed by atoms with Crippen LogP contribution in [0.3, 0.4) is 0 Å². The maximum absolute atomic E-state index is 13.1. The molecular formula is C71H142N2O6P+. The Bertz CT molecular complexity index is 1350. The normalized spacial score (nSPS) is 13.7. The number of quaternary nitrogens is 1. The van der Waals surface area contributed by atoms with E-state index in [0.717, 1.165) is 44.9 Å². The number of hydrogen-bond donors (Lipinski definition) is 3. The van der Waals surface area contributed by atoms with Gasteiger partial charge >= 0.3 is 7.82 Å². The number of allylic oxidation sites excluding steroid dienone is 4. The monoisotopic (exact) mass is 1150 g/mol. The molecule has 0 spiro atoms. The lowest BCUT2D eigenvalue weighted by Crippen LogP contribution is -2.46. The first-order valence-electron chi connectivity index (χ1n) is 35.7. The molecule has 0 aromatic carbocycles. The van der Waals surface area contributed by atoms with Crippen LogP contribution in [0, 0.1) is 0 Å².